The largest absolute Gasteiger partial charge is 0.361 e. The summed E-state index contributed by atoms with van der Waals surface area (Å²) in [6.07, 6.45) is 6.06. The fourth-order valence-electron chi connectivity index (χ4n) is 3.53. The van der Waals surface area contributed by atoms with E-state index < -0.39 is 0 Å². The summed E-state index contributed by atoms with van der Waals surface area (Å²) in [5, 5.41) is 5.19. The van der Waals surface area contributed by atoms with Gasteiger partial charge in [-0.05, 0) is 43.0 Å². The van der Waals surface area contributed by atoms with Crippen LogP contribution < -0.4 is 5.32 Å². The smallest absolute Gasteiger partial charge is 0.0459 e. The van der Waals surface area contributed by atoms with Crippen LogP contribution in [0.3, 0.4) is 0 Å². The molecule has 17 heavy (non-hydrogen) atoms. The molecule has 1 fully saturated rings. The maximum Gasteiger partial charge on any atom is 0.0459 e. The quantitative estimate of drug-likeness (QED) is 0.718. The van der Waals surface area contributed by atoms with Crippen LogP contribution in [0.4, 0.5) is 0 Å². The molecule has 3 heteroatoms. The first kappa shape index (κ1) is 10.8. The van der Waals surface area contributed by atoms with Gasteiger partial charge in [0.1, 0.15) is 0 Å². The molecule has 0 unspecified atom stereocenters. The van der Waals surface area contributed by atoms with Gasteiger partial charge in [0.15, 0.2) is 0 Å². The van der Waals surface area contributed by atoms with Gasteiger partial charge in [0.25, 0.3) is 0 Å². The molecule has 2 aliphatic rings. The van der Waals surface area contributed by atoms with Gasteiger partial charge in [-0.1, -0.05) is 12.1 Å². The Kier molecular flexibility index (Phi) is 2.43. The van der Waals surface area contributed by atoms with E-state index in [0.717, 1.165) is 5.92 Å². The SMILES string of the molecule is [Ne].c1cc2c3c(c[nH]c3c1)C[C@H]1NCCC[C@H]21. The summed E-state index contributed by atoms with van der Waals surface area (Å²) in [5.74, 6) is 0.737. The van der Waals surface area contributed by atoms with Crippen molar-refractivity contribution < 1.29 is 6.15 Å². The second-order valence-electron chi connectivity index (χ2n) is 5.10. The molecule has 0 spiro atoms. The van der Waals surface area contributed by atoms with Gasteiger partial charge in [0.2, 0.25) is 0 Å². The predicted molar refractivity (Wildman–Crippen MR) is 65.8 cm³/mol. The van der Waals surface area contributed by atoms with Crippen LogP contribution in [0.15, 0.2) is 24.4 Å². The summed E-state index contributed by atoms with van der Waals surface area (Å²) >= 11 is 0. The number of hydrogen-bond acceptors (Lipinski definition) is 1. The molecule has 2 heterocycles. The molecule has 0 amide bonds. The molecule has 1 aromatic heterocycles. The number of piperidine rings is 1. The first-order chi connectivity index (χ1) is 7.93. The molecule has 1 saturated heterocycles. The van der Waals surface area contributed by atoms with Gasteiger partial charge in [0.05, 0.1) is 0 Å². The summed E-state index contributed by atoms with van der Waals surface area (Å²) in [6, 6.07) is 7.37. The average molecular weight is 232 g/mol. The number of aromatic nitrogens is 1. The zero-order valence-corrected chi connectivity index (χ0v) is 9.65. The van der Waals surface area contributed by atoms with Crippen LogP contribution in [-0.2, 0) is 6.42 Å². The van der Waals surface area contributed by atoms with E-state index in [4.69, 9.17) is 0 Å². The molecule has 2 nitrogen and oxygen atoms in total. The minimum absolute atomic E-state index is 0. The molecule has 1 aliphatic carbocycles. The van der Waals surface area contributed by atoms with E-state index in [-0.39, 0.29) is 6.15 Å². The molecule has 0 radical (unpaired) electrons. The topological polar surface area (TPSA) is 27.8 Å². The molecule has 2 aromatic rings. The number of benzene rings is 1. The van der Waals surface area contributed by atoms with Crippen molar-refractivity contribution in [2.45, 2.75) is 31.2 Å². The molecule has 0 saturated carbocycles. The average Bonchev–Trinajstić information content (AvgIpc) is 2.75. The van der Waals surface area contributed by atoms with Crippen molar-refractivity contribution in [1.29, 1.82) is 0 Å². The summed E-state index contributed by atoms with van der Waals surface area (Å²) in [6.45, 7) is 1.19. The zero-order valence-electron chi connectivity index (χ0n) is 9.65. The van der Waals surface area contributed by atoms with Gasteiger partial charge in [-0.15, -0.1) is 0 Å². The fraction of sp³-hybridized carbons (Fsp3) is 0.429. The van der Waals surface area contributed by atoms with Crippen molar-refractivity contribution in [1.82, 2.24) is 10.3 Å². The van der Waals surface area contributed by atoms with Crippen molar-refractivity contribution in [3.05, 3.63) is 35.5 Å². The van der Waals surface area contributed by atoms with E-state index in [0.29, 0.717) is 6.04 Å². The number of rotatable bonds is 0. The van der Waals surface area contributed by atoms with Crippen molar-refractivity contribution in [2.24, 2.45) is 0 Å². The fourth-order valence-corrected chi connectivity index (χ4v) is 3.53. The molecule has 1 aromatic carbocycles. The normalized spacial score (nSPS) is 26.4. The summed E-state index contributed by atoms with van der Waals surface area (Å²) < 4.78 is 0. The minimum Gasteiger partial charge on any atom is -0.361 e. The summed E-state index contributed by atoms with van der Waals surface area (Å²) in [5.41, 5.74) is 4.38. The third-order valence-corrected chi connectivity index (χ3v) is 4.24. The molecule has 2 N–H and O–H groups in total. The van der Waals surface area contributed by atoms with Crippen LogP contribution in [0.5, 0.6) is 0 Å². The van der Waals surface area contributed by atoms with Crippen molar-refractivity contribution in [3.63, 3.8) is 0 Å². The van der Waals surface area contributed by atoms with Gasteiger partial charge < -0.3 is 10.3 Å². The van der Waals surface area contributed by atoms with Crippen molar-refractivity contribution in [3.8, 4) is 0 Å². The van der Waals surface area contributed by atoms with Gasteiger partial charge in [-0.2, -0.15) is 0 Å². The minimum atomic E-state index is 0. The first-order valence-electron chi connectivity index (χ1n) is 6.26. The number of H-pyrrole nitrogens is 1. The Hall–Kier alpha value is -1.37. The van der Waals surface area contributed by atoms with Crippen molar-refractivity contribution in [2.75, 3.05) is 6.54 Å². The van der Waals surface area contributed by atoms with Gasteiger partial charge >= 0.3 is 0 Å². The van der Waals surface area contributed by atoms with E-state index in [9.17, 15) is 0 Å². The third-order valence-electron chi connectivity index (χ3n) is 4.24. The monoisotopic (exact) mass is 232 g/mol. The zero-order chi connectivity index (χ0) is 10.5. The molecule has 2 atom stereocenters. The Bertz CT molecular complexity index is 546. The molecule has 0 bridgehead atoms. The van der Waals surface area contributed by atoms with E-state index in [1.807, 2.05) is 0 Å². The van der Waals surface area contributed by atoms with Crippen LogP contribution >= 0.6 is 0 Å². The Labute approximate surface area is 101 Å². The van der Waals surface area contributed by atoms with Crippen LogP contribution in [0, 0.1) is 6.15 Å². The predicted octanol–water partition coefficient (Wildman–Crippen LogP) is 2.56. The Morgan fingerprint density at radius 3 is 3.12 bits per heavy atom. The molecular weight excluding hydrogens is 216 g/mol. The van der Waals surface area contributed by atoms with Gasteiger partial charge in [0, 0.05) is 35.2 Å². The van der Waals surface area contributed by atoms with Gasteiger partial charge in [-0.3, -0.25) is 0 Å². The maximum absolute atomic E-state index is 3.68. The maximum atomic E-state index is 3.68. The van der Waals surface area contributed by atoms with E-state index in [1.54, 1.807) is 5.56 Å². The second-order valence-corrected chi connectivity index (χ2v) is 5.10. The van der Waals surface area contributed by atoms with Crippen LogP contribution in [0.25, 0.3) is 10.9 Å². The Balaban J connectivity index is 0.000000902. The van der Waals surface area contributed by atoms with Crippen molar-refractivity contribution >= 4 is 10.9 Å². The number of fused-ring (bicyclic) bond motifs is 2. The molecule has 4 rings (SSSR count). The summed E-state index contributed by atoms with van der Waals surface area (Å²) in [4.78, 5) is 3.40. The van der Waals surface area contributed by atoms with Crippen LogP contribution in [0.2, 0.25) is 0 Å². The Morgan fingerprint density at radius 1 is 1.24 bits per heavy atom. The standard InChI is InChI=1S/C14H16N2.Ne/c1-3-11-10-4-2-6-15-13(10)7-9-8-16-12(5-1)14(9)11;/h1,3,5,8,10,13,15-16H,2,4,6-7H2;/t10-,13-;/m1./s1. The van der Waals surface area contributed by atoms with E-state index >= 15 is 0 Å². The van der Waals surface area contributed by atoms with Gasteiger partial charge in [-0.25, -0.2) is 0 Å². The molecular formula is C14H16N2Ne. The third kappa shape index (κ3) is 1.41. The van der Waals surface area contributed by atoms with E-state index in [2.05, 4.69) is 34.7 Å². The molecule has 90 valence electrons. The van der Waals surface area contributed by atoms with Crippen LogP contribution in [-0.4, -0.2) is 17.6 Å². The molecule has 1 aliphatic heterocycles. The number of hydrogen-bond donors (Lipinski definition) is 2. The van der Waals surface area contributed by atoms with E-state index in [1.165, 1.54) is 42.3 Å². The Morgan fingerprint density at radius 2 is 2.18 bits per heavy atom. The number of nitrogens with one attached hydrogen (secondary N) is 2. The van der Waals surface area contributed by atoms with Crippen LogP contribution in [0.1, 0.15) is 29.9 Å². The number of aromatic amines is 1. The second kappa shape index (κ2) is 3.83. The summed E-state index contributed by atoms with van der Waals surface area (Å²) in [7, 11) is 0. The first-order valence-corrected chi connectivity index (χ1v) is 6.26.